The lowest BCUT2D eigenvalue weighted by Crippen LogP contribution is -2.43. The predicted octanol–water partition coefficient (Wildman–Crippen LogP) is 7.80. The van der Waals surface area contributed by atoms with Gasteiger partial charge < -0.3 is 15.0 Å². The molecule has 2 aromatic rings. The lowest BCUT2D eigenvalue weighted by Gasteiger charge is -2.17. The number of carbonyl (C=O) groups is 2. The van der Waals surface area contributed by atoms with E-state index < -0.39 is 6.04 Å². The Morgan fingerprint density at radius 1 is 0.889 bits per heavy atom. The number of hydrogen-bond acceptors (Lipinski definition) is 3. The Morgan fingerprint density at radius 3 is 2.22 bits per heavy atom. The van der Waals surface area contributed by atoms with Crippen molar-refractivity contribution >= 4 is 22.8 Å². The molecular weight excluding hydrogens is 448 g/mol. The molecule has 0 radical (unpaired) electrons. The first-order valence-electron chi connectivity index (χ1n) is 14.3. The molecule has 0 spiro atoms. The highest BCUT2D eigenvalue weighted by Crippen LogP contribution is 2.19. The second-order valence-corrected chi connectivity index (χ2v) is 9.77. The van der Waals surface area contributed by atoms with Crippen molar-refractivity contribution in [2.75, 3.05) is 6.61 Å². The standard InChI is InChI=1S/C31H48N2O3/c1-3-5-6-7-8-9-10-11-12-13-14-15-16-17-18-23-30(34)33-29(31(35)36-4-2)24-26-25-32-28-22-20-19-21-27(26)28/h11-12,19-22,25,29,32H,3-10,13-18,23-24H2,1-2H3,(H,33,34)/b12-11-/t29-/m0/s1. The summed E-state index contributed by atoms with van der Waals surface area (Å²) in [6.07, 6.45) is 23.4. The van der Waals surface area contributed by atoms with Crippen LogP contribution in [0.3, 0.4) is 0 Å². The molecule has 1 heterocycles. The Kier molecular flexibility index (Phi) is 15.4. The van der Waals surface area contributed by atoms with Gasteiger partial charge in [-0.05, 0) is 50.7 Å². The minimum absolute atomic E-state index is 0.0782. The van der Waals surface area contributed by atoms with Crippen LogP contribution < -0.4 is 5.32 Å². The van der Waals surface area contributed by atoms with Crippen LogP contribution in [0.15, 0.2) is 42.6 Å². The number of allylic oxidation sites excluding steroid dienone is 2. The first-order valence-corrected chi connectivity index (χ1v) is 14.3. The average molecular weight is 497 g/mol. The van der Waals surface area contributed by atoms with Gasteiger partial charge >= 0.3 is 5.97 Å². The molecular formula is C31H48N2O3. The number of fused-ring (bicyclic) bond motifs is 1. The number of rotatable bonds is 20. The second-order valence-electron chi connectivity index (χ2n) is 9.77. The summed E-state index contributed by atoms with van der Waals surface area (Å²) in [7, 11) is 0. The number of amides is 1. The van der Waals surface area contributed by atoms with Crippen molar-refractivity contribution in [2.45, 2.75) is 116 Å². The molecule has 0 aliphatic carbocycles. The van der Waals surface area contributed by atoms with Gasteiger partial charge in [0.25, 0.3) is 0 Å². The normalized spacial score (nSPS) is 12.3. The van der Waals surface area contributed by atoms with Gasteiger partial charge in [-0.2, -0.15) is 0 Å². The summed E-state index contributed by atoms with van der Waals surface area (Å²) in [5.41, 5.74) is 2.03. The third-order valence-electron chi connectivity index (χ3n) is 6.67. The maximum Gasteiger partial charge on any atom is 0.328 e. The zero-order valence-electron chi connectivity index (χ0n) is 22.7. The number of carbonyl (C=O) groups excluding carboxylic acids is 2. The Hall–Kier alpha value is -2.56. The van der Waals surface area contributed by atoms with E-state index in [1.165, 1.54) is 57.8 Å². The zero-order chi connectivity index (χ0) is 25.8. The average Bonchev–Trinajstić information content (AvgIpc) is 3.29. The summed E-state index contributed by atoms with van der Waals surface area (Å²) in [6, 6.07) is 7.31. The Labute approximate surface area is 218 Å². The zero-order valence-corrected chi connectivity index (χ0v) is 22.7. The van der Waals surface area contributed by atoms with Crippen molar-refractivity contribution in [3.05, 3.63) is 48.2 Å². The highest BCUT2D eigenvalue weighted by molar-refractivity contribution is 5.87. The summed E-state index contributed by atoms with van der Waals surface area (Å²) in [6.45, 7) is 4.35. The van der Waals surface area contributed by atoms with Gasteiger partial charge in [0.1, 0.15) is 6.04 Å². The quantitative estimate of drug-likeness (QED) is 0.112. The number of ether oxygens (including phenoxy) is 1. The summed E-state index contributed by atoms with van der Waals surface area (Å²) >= 11 is 0. The van der Waals surface area contributed by atoms with Gasteiger partial charge in [0.15, 0.2) is 0 Å². The van der Waals surface area contributed by atoms with E-state index >= 15 is 0 Å². The molecule has 1 aromatic heterocycles. The van der Waals surface area contributed by atoms with Gasteiger partial charge in [0.2, 0.25) is 5.91 Å². The number of aromatic amines is 1. The van der Waals surface area contributed by atoms with Gasteiger partial charge in [-0.1, -0.05) is 88.6 Å². The van der Waals surface area contributed by atoms with E-state index in [0.717, 1.165) is 42.1 Å². The topological polar surface area (TPSA) is 71.2 Å². The van der Waals surface area contributed by atoms with E-state index in [2.05, 4.69) is 29.4 Å². The molecule has 5 nitrogen and oxygen atoms in total. The highest BCUT2D eigenvalue weighted by Gasteiger charge is 2.23. The molecule has 0 aliphatic rings. The van der Waals surface area contributed by atoms with Crippen molar-refractivity contribution in [3.8, 4) is 0 Å². The van der Waals surface area contributed by atoms with Gasteiger partial charge in [-0.15, -0.1) is 0 Å². The number of esters is 1. The number of hydrogen-bond donors (Lipinski definition) is 2. The molecule has 2 rings (SSSR count). The molecule has 1 atom stereocenters. The molecule has 36 heavy (non-hydrogen) atoms. The minimum Gasteiger partial charge on any atom is -0.464 e. The molecule has 0 unspecified atom stereocenters. The lowest BCUT2D eigenvalue weighted by atomic mass is 10.0. The van der Waals surface area contributed by atoms with Crippen LogP contribution in [0.25, 0.3) is 10.9 Å². The largest absolute Gasteiger partial charge is 0.464 e. The number of aromatic nitrogens is 1. The Balaban J connectivity index is 1.59. The van der Waals surface area contributed by atoms with E-state index in [1.807, 2.05) is 30.5 Å². The van der Waals surface area contributed by atoms with Crippen LogP contribution in [-0.2, 0) is 20.7 Å². The fourth-order valence-corrected chi connectivity index (χ4v) is 4.58. The van der Waals surface area contributed by atoms with Crippen LogP contribution in [0.5, 0.6) is 0 Å². The van der Waals surface area contributed by atoms with Crippen molar-refractivity contribution < 1.29 is 14.3 Å². The molecule has 0 saturated carbocycles. The molecule has 2 N–H and O–H groups in total. The van der Waals surface area contributed by atoms with Gasteiger partial charge in [-0.3, -0.25) is 4.79 Å². The molecule has 0 aliphatic heterocycles. The molecule has 1 aromatic carbocycles. The van der Waals surface area contributed by atoms with Crippen LogP contribution in [0, 0.1) is 0 Å². The molecule has 0 bridgehead atoms. The number of para-hydroxylation sites is 1. The van der Waals surface area contributed by atoms with Crippen LogP contribution in [0.2, 0.25) is 0 Å². The second kappa shape index (κ2) is 18.7. The maximum absolute atomic E-state index is 12.6. The summed E-state index contributed by atoms with van der Waals surface area (Å²) in [5, 5.41) is 3.99. The number of benzene rings is 1. The smallest absolute Gasteiger partial charge is 0.328 e. The lowest BCUT2D eigenvalue weighted by molar-refractivity contribution is -0.147. The SMILES string of the molecule is CCCCCCCC/C=C\CCCCCCCC(=O)N[C@@H](Cc1c[nH]c2ccccc12)C(=O)OCC. The summed E-state index contributed by atoms with van der Waals surface area (Å²) in [4.78, 5) is 28.3. The van der Waals surface area contributed by atoms with E-state index in [1.54, 1.807) is 6.92 Å². The highest BCUT2D eigenvalue weighted by atomic mass is 16.5. The van der Waals surface area contributed by atoms with Crippen LogP contribution in [0.4, 0.5) is 0 Å². The molecule has 5 heteroatoms. The van der Waals surface area contributed by atoms with Gasteiger partial charge in [0, 0.05) is 29.9 Å². The van der Waals surface area contributed by atoms with Gasteiger partial charge in [0.05, 0.1) is 6.61 Å². The number of H-pyrrole nitrogens is 1. The minimum atomic E-state index is -0.667. The van der Waals surface area contributed by atoms with Crippen molar-refractivity contribution in [1.82, 2.24) is 10.3 Å². The first kappa shape index (κ1) is 29.7. The number of unbranched alkanes of at least 4 members (excludes halogenated alkanes) is 11. The Bertz CT molecular complexity index is 902. The maximum atomic E-state index is 12.6. The van der Waals surface area contributed by atoms with E-state index in [0.29, 0.717) is 19.4 Å². The van der Waals surface area contributed by atoms with E-state index in [-0.39, 0.29) is 11.9 Å². The summed E-state index contributed by atoms with van der Waals surface area (Å²) in [5.74, 6) is -0.453. The third kappa shape index (κ3) is 11.9. The van der Waals surface area contributed by atoms with E-state index in [9.17, 15) is 9.59 Å². The molecule has 1 amide bonds. The Morgan fingerprint density at radius 2 is 1.53 bits per heavy atom. The van der Waals surface area contributed by atoms with Crippen molar-refractivity contribution in [2.24, 2.45) is 0 Å². The van der Waals surface area contributed by atoms with E-state index in [4.69, 9.17) is 4.74 Å². The fraction of sp³-hybridized carbons (Fsp3) is 0.613. The third-order valence-corrected chi connectivity index (χ3v) is 6.67. The van der Waals surface area contributed by atoms with Gasteiger partial charge in [-0.25, -0.2) is 4.79 Å². The molecule has 200 valence electrons. The number of nitrogens with one attached hydrogen (secondary N) is 2. The first-order chi connectivity index (χ1) is 17.7. The monoisotopic (exact) mass is 496 g/mol. The van der Waals surface area contributed by atoms with Crippen molar-refractivity contribution in [1.29, 1.82) is 0 Å². The van der Waals surface area contributed by atoms with Crippen LogP contribution in [0.1, 0.15) is 109 Å². The van der Waals surface area contributed by atoms with Crippen LogP contribution in [-0.4, -0.2) is 29.5 Å². The van der Waals surface area contributed by atoms with Crippen molar-refractivity contribution in [3.63, 3.8) is 0 Å². The fourth-order valence-electron chi connectivity index (χ4n) is 4.58. The molecule has 0 saturated heterocycles. The summed E-state index contributed by atoms with van der Waals surface area (Å²) < 4.78 is 5.23. The predicted molar refractivity (Wildman–Crippen MR) is 150 cm³/mol. The molecule has 0 fully saturated rings. The van der Waals surface area contributed by atoms with Crippen LogP contribution >= 0.6 is 0 Å².